The lowest BCUT2D eigenvalue weighted by molar-refractivity contribution is -0.138. The van der Waals surface area contributed by atoms with Gasteiger partial charge >= 0.3 is 6.09 Å². The molecule has 2 N–H and O–H groups in total. The standard InChI is InChI=1S/C29H29F3N2O3/c1-19(20-3-5-21(6-4-20)25-12-11-24(31)17-26(25)32)34-15-14-29(18-27(34)35,13-2-16-37-28(33)36)22-7-9-23(30)10-8-22/h3-12,17,19H,2,13-16,18H2,1H3,(H2,33,36)/t19-,29-/m0/s1. The Kier molecular flexibility index (Phi) is 7.86. The topological polar surface area (TPSA) is 72.6 Å². The molecule has 5 nitrogen and oxygen atoms in total. The van der Waals surface area contributed by atoms with Gasteiger partial charge in [0.15, 0.2) is 0 Å². The van der Waals surface area contributed by atoms with Gasteiger partial charge in [-0.1, -0.05) is 36.4 Å². The summed E-state index contributed by atoms with van der Waals surface area (Å²) in [6.45, 7) is 2.58. The molecule has 2 amide bonds. The highest BCUT2D eigenvalue weighted by atomic mass is 19.1. The van der Waals surface area contributed by atoms with Crippen molar-refractivity contribution in [1.82, 2.24) is 4.90 Å². The van der Waals surface area contributed by atoms with Crippen molar-refractivity contribution in [3.63, 3.8) is 0 Å². The minimum atomic E-state index is -0.844. The molecule has 1 aliphatic heterocycles. The van der Waals surface area contributed by atoms with E-state index in [-0.39, 0.29) is 30.8 Å². The van der Waals surface area contributed by atoms with Gasteiger partial charge in [0.25, 0.3) is 0 Å². The highest BCUT2D eigenvalue weighted by molar-refractivity contribution is 5.79. The van der Waals surface area contributed by atoms with Crippen molar-refractivity contribution < 1.29 is 27.5 Å². The molecule has 0 aliphatic carbocycles. The van der Waals surface area contributed by atoms with Crippen molar-refractivity contribution in [3.8, 4) is 11.1 Å². The van der Waals surface area contributed by atoms with Crippen LogP contribution < -0.4 is 5.73 Å². The highest BCUT2D eigenvalue weighted by Gasteiger charge is 2.41. The molecule has 1 heterocycles. The average molecular weight is 511 g/mol. The number of nitrogens with zero attached hydrogens (tertiary/aromatic N) is 1. The molecule has 2 atom stereocenters. The van der Waals surface area contributed by atoms with Crippen LogP contribution in [0.2, 0.25) is 0 Å². The Morgan fingerprint density at radius 3 is 2.32 bits per heavy atom. The van der Waals surface area contributed by atoms with Gasteiger partial charge in [-0.15, -0.1) is 0 Å². The molecule has 1 fully saturated rings. The number of ether oxygens (including phenoxy) is 1. The molecule has 1 saturated heterocycles. The normalized spacial score (nSPS) is 18.5. The first-order valence-electron chi connectivity index (χ1n) is 12.2. The van der Waals surface area contributed by atoms with Gasteiger partial charge in [-0.25, -0.2) is 18.0 Å². The van der Waals surface area contributed by atoms with E-state index in [1.807, 2.05) is 24.0 Å². The molecule has 37 heavy (non-hydrogen) atoms. The molecule has 8 heteroatoms. The number of halogens is 3. The van der Waals surface area contributed by atoms with Gasteiger partial charge in [0.1, 0.15) is 17.5 Å². The van der Waals surface area contributed by atoms with Gasteiger partial charge in [0.05, 0.1) is 12.6 Å². The predicted octanol–water partition coefficient (Wildman–Crippen LogP) is 6.27. The second-order valence-corrected chi connectivity index (χ2v) is 9.49. The van der Waals surface area contributed by atoms with Gasteiger partial charge in [-0.05, 0) is 67.1 Å². The van der Waals surface area contributed by atoms with Crippen LogP contribution in [-0.2, 0) is 14.9 Å². The third-order valence-electron chi connectivity index (χ3n) is 7.24. The maximum absolute atomic E-state index is 14.2. The fourth-order valence-electron chi connectivity index (χ4n) is 5.18. The van der Waals surface area contributed by atoms with Crippen LogP contribution in [0.25, 0.3) is 11.1 Å². The van der Waals surface area contributed by atoms with Crippen LogP contribution in [0.3, 0.4) is 0 Å². The van der Waals surface area contributed by atoms with Crippen molar-refractivity contribution >= 4 is 12.0 Å². The van der Waals surface area contributed by atoms with E-state index in [2.05, 4.69) is 0 Å². The molecule has 4 rings (SSSR count). The van der Waals surface area contributed by atoms with E-state index in [0.29, 0.717) is 36.9 Å². The number of piperidine rings is 1. The van der Waals surface area contributed by atoms with E-state index >= 15 is 0 Å². The first kappa shape index (κ1) is 26.3. The summed E-state index contributed by atoms with van der Waals surface area (Å²) in [5, 5.41) is 0. The van der Waals surface area contributed by atoms with Crippen LogP contribution in [0.4, 0.5) is 18.0 Å². The molecule has 0 unspecified atom stereocenters. The summed E-state index contributed by atoms with van der Waals surface area (Å²) in [4.78, 5) is 26.2. The van der Waals surface area contributed by atoms with Crippen LogP contribution >= 0.6 is 0 Å². The molecule has 0 bridgehead atoms. The van der Waals surface area contributed by atoms with Crippen molar-refractivity contribution in [1.29, 1.82) is 0 Å². The molecule has 0 saturated carbocycles. The van der Waals surface area contributed by atoms with Crippen molar-refractivity contribution in [2.75, 3.05) is 13.2 Å². The maximum atomic E-state index is 14.2. The van der Waals surface area contributed by atoms with E-state index in [0.717, 1.165) is 17.2 Å². The number of amides is 2. The molecule has 3 aromatic carbocycles. The summed E-state index contributed by atoms with van der Waals surface area (Å²) < 4.78 is 45.9. The van der Waals surface area contributed by atoms with E-state index in [1.54, 1.807) is 24.3 Å². The lowest BCUT2D eigenvalue weighted by atomic mass is 9.69. The Morgan fingerprint density at radius 2 is 1.70 bits per heavy atom. The van der Waals surface area contributed by atoms with Crippen LogP contribution in [0.1, 0.15) is 49.8 Å². The Hall–Kier alpha value is -3.81. The highest BCUT2D eigenvalue weighted by Crippen LogP contribution is 2.42. The van der Waals surface area contributed by atoms with E-state index < -0.39 is 23.1 Å². The first-order chi connectivity index (χ1) is 17.7. The molecule has 194 valence electrons. The quantitative estimate of drug-likeness (QED) is 0.363. The summed E-state index contributed by atoms with van der Waals surface area (Å²) in [7, 11) is 0. The van der Waals surface area contributed by atoms with Crippen LogP contribution in [-0.4, -0.2) is 30.1 Å². The van der Waals surface area contributed by atoms with Gasteiger partial charge in [-0.2, -0.15) is 0 Å². The molecule has 0 aromatic heterocycles. The zero-order chi connectivity index (χ0) is 26.6. The van der Waals surface area contributed by atoms with E-state index in [1.165, 1.54) is 24.3 Å². The number of hydrogen-bond acceptors (Lipinski definition) is 3. The van der Waals surface area contributed by atoms with Crippen molar-refractivity contribution in [2.45, 2.75) is 44.1 Å². The van der Waals surface area contributed by atoms with Gasteiger partial charge < -0.3 is 15.4 Å². The molecule has 1 aliphatic rings. The SMILES string of the molecule is C[C@@H](c1ccc(-c2ccc(F)cc2F)cc1)N1CC[C@](CCCOC(N)=O)(c2ccc(F)cc2)CC1=O. The summed E-state index contributed by atoms with van der Waals surface area (Å²) in [6, 6.07) is 16.7. The monoisotopic (exact) mass is 510 g/mol. The second kappa shape index (κ2) is 11.1. The third-order valence-corrected chi connectivity index (χ3v) is 7.24. The minimum Gasteiger partial charge on any atom is -0.450 e. The number of primary amides is 1. The summed E-state index contributed by atoms with van der Waals surface area (Å²) in [6.07, 6.45) is 1.15. The number of rotatable bonds is 8. The van der Waals surface area contributed by atoms with Crippen LogP contribution in [0.5, 0.6) is 0 Å². The molecule has 0 radical (unpaired) electrons. The largest absolute Gasteiger partial charge is 0.450 e. The maximum Gasteiger partial charge on any atom is 0.404 e. The first-order valence-corrected chi connectivity index (χ1v) is 12.2. The number of carbonyl (C=O) groups excluding carboxylic acids is 2. The fourth-order valence-corrected chi connectivity index (χ4v) is 5.18. The van der Waals surface area contributed by atoms with E-state index in [9.17, 15) is 22.8 Å². The lowest BCUT2D eigenvalue weighted by Gasteiger charge is -2.44. The predicted molar refractivity (Wildman–Crippen MR) is 134 cm³/mol. The Balaban J connectivity index is 1.50. The minimum absolute atomic E-state index is 0.0347. The lowest BCUT2D eigenvalue weighted by Crippen LogP contribution is -2.47. The van der Waals surface area contributed by atoms with Gasteiger partial charge in [-0.3, -0.25) is 4.79 Å². The smallest absolute Gasteiger partial charge is 0.404 e. The number of carbonyl (C=O) groups is 2. The Morgan fingerprint density at radius 1 is 1.03 bits per heavy atom. The van der Waals surface area contributed by atoms with Crippen molar-refractivity contribution in [2.24, 2.45) is 5.73 Å². The molecular formula is C29H29F3N2O3. The number of benzene rings is 3. The summed E-state index contributed by atoms with van der Waals surface area (Å²) in [5.41, 5.74) is 7.24. The number of hydrogen-bond donors (Lipinski definition) is 1. The molecule has 0 spiro atoms. The zero-order valence-electron chi connectivity index (χ0n) is 20.6. The Labute approximate surface area is 214 Å². The van der Waals surface area contributed by atoms with Crippen LogP contribution in [0.15, 0.2) is 66.7 Å². The average Bonchev–Trinajstić information content (AvgIpc) is 2.87. The fraction of sp³-hybridized carbons (Fsp3) is 0.310. The van der Waals surface area contributed by atoms with Gasteiger partial charge in [0.2, 0.25) is 5.91 Å². The molecular weight excluding hydrogens is 481 g/mol. The van der Waals surface area contributed by atoms with E-state index in [4.69, 9.17) is 10.5 Å². The number of nitrogens with two attached hydrogens (primary N) is 1. The van der Waals surface area contributed by atoms with Crippen LogP contribution in [0, 0.1) is 17.5 Å². The van der Waals surface area contributed by atoms with Crippen molar-refractivity contribution in [3.05, 3.63) is 95.3 Å². The zero-order valence-corrected chi connectivity index (χ0v) is 20.6. The Bertz CT molecular complexity index is 1260. The second-order valence-electron chi connectivity index (χ2n) is 9.49. The summed E-state index contributed by atoms with van der Waals surface area (Å²) in [5.74, 6) is -1.65. The number of likely N-dealkylation sites (tertiary alicyclic amines) is 1. The molecule has 3 aromatic rings. The summed E-state index contributed by atoms with van der Waals surface area (Å²) >= 11 is 0. The third kappa shape index (κ3) is 5.96. The van der Waals surface area contributed by atoms with Gasteiger partial charge in [0, 0.05) is 30.0 Å².